The number of para-hydroxylation sites is 1. The van der Waals surface area contributed by atoms with Crippen LogP contribution < -0.4 is 11.1 Å². The van der Waals surface area contributed by atoms with Crippen LogP contribution in [0.25, 0.3) is 16.6 Å². The molecule has 2 heterocycles. The lowest BCUT2D eigenvalue weighted by Gasteiger charge is -2.04. The predicted octanol–water partition coefficient (Wildman–Crippen LogP) is 2.01. The molecule has 3 aromatic rings. The Kier molecular flexibility index (Phi) is 3.80. The van der Waals surface area contributed by atoms with Crippen LogP contribution in [-0.4, -0.2) is 28.5 Å². The third-order valence-electron chi connectivity index (χ3n) is 3.63. The van der Waals surface area contributed by atoms with E-state index in [0.29, 0.717) is 5.56 Å². The van der Waals surface area contributed by atoms with Crippen LogP contribution >= 0.6 is 0 Å². The van der Waals surface area contributed by atoms with Gasteiger partial charge in [0.1, 0.15) is 0 Å². The lowest BCUT2D eigenvalue weighted by Crippen LogP contribution is -2.36. The summed E-state index contributed by atoms with van der Waals surface area (Å²) >= 11 is 0. The SMILES string of the molecule is CN=C(N)NC(=O)c1cn(-c2cnc3ccccc3c2)cc1C. The number of amides is 1. The summed E-state index contributed by atoms with van der Waals surface area (Å²) in [5.41, 5.74) is 8.76. The number of aromatic nitrogens is 2. The second-order valence-electron chi connectivity index (χ2n) is 5.21. The molecule has 3 rings (SSSR count). The Bertz CT molecular complexity index is 910. The summed E-state index contributed by atoms with van der Waals surface area (Å²) in [5.74, 6) is -0.187. The number of nitrogens with one attached hydrogen (secondary N) is 1. The summed E-state index contributed by atoms with van der Waals surface area (Å²) in [5, 5.41) is 3.59. The van der Waals surface area contributed by atoms with Crippen LogP contribution in [0, 0.1) is 6.92 Å². The maximum Gasteiger partial charge on any atom is 0.259 e. The fourth-order valence-electron chi connectivity index (χ4n) is 2.38. The van der Waals surface area contributed by atoms with Crippen LogP contribution in [0.1, 0.15) is 15.9 Å². The number of guanidine groups is 1. The maximum atomic E-state index is 12.2. The van der Waals surface area contributed by atoms with E-state index < -0.39 is 0 Å². The van der Waals surface area contributed by atoms with Crippen molar-refractivity contribution in [2.75, 3.05) is 7.05 Å². The molecule has 6 nitrogen and oxygen atoms in total. The molecular weight excluding hydrogens is 290 g/mol. The largest absolute Gasteiger partial charge is 0.370 e. The highest BCUT2D eigenvalue weighted by Gasteiger charge is 2.13. The summed E-state index contributed by atoms with van der Waals surface area (Å²) in [6, 6.07) is 9.93. The first-order chi connectivity index (χ1) is 11.1. The van der Waals surface area contributed by atoms with Crippen molar-refractivity contribution in [2.45, 2.75) is 6.92 Å². The molecule has 116 valence electrons. The standard InChI is InChI=1S/C17H17N5O/c1-11-9-22(10-14(11)16(23)21-17(18)19-2)13-7-12-5-3-4-6-15(12)20-8-13/h3-10H,1-2H3,(H3,18,19,21,23). The van der Waals surface area contributed by atoms with Gasteiger partial charge >= 0.3 is 0 Å². The summed E-state index contributed by atoms with van der Waals surface area (Å²) in [6.45, 7) is 1.87. The molecule has 2 aromatic heterocycles. The number of hydrogen-bond acceptors (Lipinski definition) is 3. The van der Waals surface area contributed by atoms with E-state index in [1.807, 2.05) is 48.0 Å². The second-order valence-corrected chi connectivity index (χ2v) is 5.21. The first-order valence-electron chi connectivity index (χ1n) is 7.16. The quantitative estimate of drug-likeness (QED) is 0.561. The Labute approximate surface area is 133 Å². The minimum absolute atomic E-state index is 0.0921. The van der Waals surface area contributed by atoms with Gasteiger partial charge in [-0.15, -0.1) is 0 Å². The van der Waals surface area contributed by atoms with Gasteiger partial charge in [-0.05, 0) is 24.6 Å². The number of aliphatic imine (C=N–C) groups is 1. The number of nitrogens with two attached hydrogens (primary N) is 1. The molecule has 0 spiro atoms. The van der Waals surface area contributed by atoms with Crippen LogP contribution in [0.15, 0.2) is 53.9 Å². The number of rotatable bonds is 2. The van der Waals surface area contributed by atoms with E-state index in [1.165, 1.54) is 7.05 Å². The molecule has 0 aliphatic carbocycles. The molecule has 0 aliphatic rings. The third-order valence-corrected chi connectivity index (χ3v) is 3.63. The van der Waals surface area contributed by atoms with E-state index >= 15 is 0 Å². The van der Waals surface area contributed by atoms with Crippen molar-refractivity contribution in [3.8, 4) is 5.69 Å². The predicted molar refractivity (Wildman–Crippen MR) is 90.8 cm³/mol. The van der Waals surface area contributed by atoms with Gasteiger partial charge in [0, 0.05) is 24.8 Å². The van der Waals surface area contributed by atoms with Gasteiger partial charge in [0.25, 0.3) is 5.91 Å². The highest BCUT2D eigenvalue weighted by atomic mass is 16.1. The number of nitrogens with zero attached hydrogens (tertiary/aromatic N) is 3. The van der Waals surface area contributed by atoms with Gasteiger partial charge in [0.15, 0.2) is 5.96 Å². The molecule has 1 aromatic carbocycles. The summed E-state index contributed by atoms with van der Waals surface area (Å²) in [6.07, 6.45) is 5.44. The smallest absolute Gasteiger partial charge is 0.259 e. The van der Waals surface area contributed by atoms with Crippen LogP contribution in [-0.2, 0) is 0 Å². The van der Waals surface area contributed by atoms with E-state index in [4.69, 9.17) is 5.73 Å². The molecule has 23 heavy (non-hydrogen) atoms. The number of carbonyl (C=O) groups is 1. The van der Waals surface area contributed by atoms with Gasteiger partial charge in [-0.1, -0.05) is 18.2 Å². The molecule has 0 bridgehead atoms. The van der Waals surface area contributed by atoms with Crippen molar-refractivity contribution >= 4 is 22.8 Å². The van der Waals surface area contributed by atoms with Gasteiger partial charge in [-0.25, -0.2) is 0 Å². The van der Waals surface area contributed by atoms with Crippen molar-refractivity contribution in [3.05, 3.63) is 60.0 Å². The fraction of sp³-hybridized carbons (Fsp3) is 0.118. The van der Waals surface area contributed by atoms with Gasteiger partial charge in [-0.2, -0.15) is 0 Å². The average Bonchev–Trinajstić information content (AvgIpc) is 2.96. The van der Waals surface area contributed by atoms with E-state index in [9.17, 15) is 4.79 Å². The fourth-order valence-corrected chi connectivity index (χ4v) is 2.38. The molecule has 0 saturated heterocycles. The van der Waals surface area contributed by atoms with Crippen molar-refractivity contribution in [2.24, 2.45) is 10.7 Å². The number of hydrogen-bond donors (Lipinski definition) is 2. The Morgan fingerprint density at radius 3 is 2.87 bits per heavy atom. The number of aryl methyl sites for hydroxylation is 1. The first-order valence-corrected chi connectivity index (χ1v) is 7.16. The van der Waals surface area contributed by atoms with Crippen LogP contribution in [0.4, 0.5) is 0 Å². The van der Waals surface area contributed by atoms with Gasteiger partial charge in [0.2, 0.25) is 0 Å². The molecule has 0 fully saturated rings. The van der Waals surface area contributed by atoms with Crippen LogP contribution in [0.3, 0.4) is 0 Å². The number of pyridine rings is 1. The monoisotopic (exact) mass is 307 g/mol. The number of fused-ring (bicyclic) bond motifs is 1. The molecule has 3 N–H and O–H groups in total. The maximum absolute atomic E-state index is 12.2. The van der Waals surface area contributed by atoms with Gasteiger partial charge in [-0.3, -0.25) is 20.1 Å². The van der Waals surface area contributed by atoms with Crippen molar-refractivity contribution in [1.29, 1.82) is 0 Å². The number of carbonyl (C=O) groups excluding carboxylic acids is 1. The third kappa shape index (κ3) is 2.91. The van der Waals surface area contributed by atoms with Crippen LogP contribution in [0.2, 0.25) is 0 Å². The molecule has 0 atom stereocenters. The van der Waals surface area contributed by atoms with E-state index in [0.717, 1.165) is 22.2 Å². The molecule has 6 heteroatoms. The molecule has 0 unspecified atom stereocenters. The van der Waals surface area contributed by atoms with Gasteiger partial charge < -0.3 is 10.3 Å². The zero-order valence-corrected chi connectivity index (χ0v) is 12.9. The Morgan fingerprint density at radius 1 is 1.30 bits per heavy atom. The molecule has 1 amide bonds. The first kappa shape index (κ1) is 14.8. The number of benzene rings is 1. The summed E-state index contributed by atoms with van der Waals surface area (Å²) < 4.78 is 1.88. The highest BCUT2D eigenvalue weighted by Crippen LogP contribution is 2.19. The molecule has 0 aliphatic heterocycles. The average molecular weight is 307 g/mol. The minimum Gasteiger partial charge on any atom is -0.370 e. The summed E-state index contributed by atoms with van der Waals surface area (Å²) in [7, 11) is 1.52. The normalized spacial score (nSPS) is 11.7. The van der Waals surface area contributed by atoms with Crippen LogP contribution in [0.5, 0.6) is 0 Å². The van der Waals surface area contributed by atoms with E-state index in [2.05, 4.69) is 15.3 Å². The summed E-state index contributed by atoms with van der Waals surface area (Å²) in [4.78, 5) is 20.4. The minimum atomic E-state index is -0.280. The van der Waals surface area contributed by atoms with E-state index in [1.54, 1.807) is 12.4 Å². The Morgan fingerprint density at radius 2 is 2.09 bits per heavy atom. The molecule has 0 radical (unpaired) electrons. The lowest BCUT2D eigenvalue weighted by atomic mass is 10.2. The van der Waals surface area contributed by atoms with E-state index in [-0.39, 0.29) is 11.9 Å². The van der Waals surface area contributed by atoms with Crippen molar-refractivity contribution in [3.63, 3.8) is 0 Å². The van der Waals surface area contributed by atoms with Gasteiger partial charge in [0.05, 0.1) is 23.0 Å². The van der Waals surface area contributed by atoms with Crippen molar-refractivity contribution in [1.82, 2.24) is 14.9 Å². The molecule has 0 saturated carbocycles. The van der Waals surface area contributed by atoms with Crippen molar-refractivity contribution < 1.29 is 4.79 Å². The highest BCUT2D eigenvalue weighted by molar-refractivity contribution is 6.06. The lowest BCUT2D eigenvalue weighted by molar-refractivity contribution is 0.0976. The zero-order chi connectivity index (χ0) is 16.4. The second kappa shape index (κ2) is 5.92. The Hall–Kier alpha value is -3.15. The molecular formula is C17H17N5O. The topological polar surface area (TPSA) is 85.3 Å². The zero-order valence-electron chi connectivity index (χ0n) is 12.9. The Balaban J connectivity index is 1.97.